The molecule has 0 fully saturated rings. The molecule has 4 nitrogen and oxygen atoms in total. The molecular weight excluding hydrogens is 260 g/mol. The van der Waals surface area contributed by atoms with E-state index in [2.05, 4.69) is 47.3 Å². The number of benzene rings is 1. The van der Waals surface area contributed by atoms with Gasteiger partial charge in [0.2, 0.25) is 0 Å². The van der Waals surface area contributed by atoms with Crippen LogP contribution in [0, 0.1) is 6.92 Å². The first-order valence-electron chi connectivity index (χ1n) is 7.63. The van der Waals surface area contributed by atoms with Crippen molar-refractivity contribution in [1.82, 2.24) is 9.97 Å². The Morgan fingerprint density at radius 2 is 1.76 bits per heavy atom. The van der Waals surface area contributed by atoms with E-state index in [0.717, 1.165) is 48.6 Å². The maximum Gasteiger partial charge on any atom is 0.139 e. The molecule has 2 rings (SSSR count). The molecule has 1 aromatic carbocycles. The monoisotopic (exact) mass is 284 g/mol. The summed E-state index contributed by atoms with van der Waals surface area (Å²) in [6.07, 6.45) is 4.01. The third kappa shape index (κ3) is 3.72. The van der Waals surface area contributed by atoms with Gasteiger partial charge in [0.15, 0.2) is 0 Å². The van der Waals surface area contributed by atoms with E-state index < -0.39 is 0 Å². The number of nitrogens with one attached hydrogen (secondary N) is 1. The maximum atomic E-state index is 6.01. The highest BCUT2D eigenvalue weighted by atomic mass is 15.1. The van der Waals surface area contributed by atoms with E-state index >= 15 is 0 Å². The Balaban J connectivity index is 2.34. The van der Waals surface area contributed by atoms with Crippen LogP contribution in [0.25, 0.3) is 0 Å². The molecule has 0 aliphatic rings. The molecule has 112 valence electrons. The van der Waals surface area contributed by atoms with Gasteiger partial charge in [-0.3, -0.25) is 0 Å². The lowest BCUT2D eigenvalue weighted by molar-refractivity contribution is 0.836. The maximum absolute atomic E-state index is 6.01. The summed E-state index contributed by atoms with van der Waals surface area (Å²) < 4.78 is 0. The van der Waals surface area contributed by atoms with E-state index in [1.165, 1.54) is 5.56 Å². The molecule has 21 heavy (non-hydrogen) atoms. The predicted molar refractivity (Wildman–Crippen MR) is 88.9 cm³/mol. The summed E-state index contributed by atoms with van der Waals surface area (Å²) in [7, 11) is 0. The van der Waals surface area contributed by atoms with Gasteiger partial charge in [-0.1, -0.05) is 38.5 Å². The van der Waals surface area contributed by atoms with E-state index in [1.54, 1.807) is 0 Å². The van der Waals surface area contributed by atoms with Crippen molar-refractivity contribution >= 4 is 17.3 Å². The molecule has 0 radical (unpaired) electrons. The van der Waals surface area contributed by atoms with Gasteiger partial charge in [-0.25, -0.2) is 9.97 Å². The molecule has 0 bridgehead atoms. The number of nitrogens with zero attached hydrogens (tertiary/aromatic N) is 2. The topological polar surface area (TPSA) is 63.8 Å². The standard InChI is InChI=1S/C17H24N4/c1-4-8-13-10-6-7-11-14(13)19-17-12(3)16(18)20-15(21-17)9-5-2/h6-7,10-11H,4-5,8-9H2,1-3H3,(H3,18,19,20,21). The van der Waals surface area contributed by atoms with Crippen molar-refractivity contribution in [3.05, 3.63) is 41.2 Å². The van der Waals surface area contributed by atoms with Crippen molar-refractivity contribution in [2.45, 2.75) is 46.5 Å². The van der Waals surface area contributed by atoms with Crippen molar-refractivity contribution in [3.63, 3.8) is 0 Å². The fourth-order valence-electron chi connectivity index (χ4n) is 2.30. The van der Waals surface area contributed by atoms with E-state index in [1.807, 2.05) is 13.0 Å². The minimum Gasteiger partial charge on any atom is -0.383 e. The second-order valence-corrected chi connectivity index (χ2v) is 5.28. The van der Waals surface area contributed by atoms with E-state index in [9.17, 15) is 0 Å². The summed E-state index contributed by atoms with van der Waals surface area (Å²) in [4.78, 5) is 8.97. The van der Waals surface area contributed by atoms with E-state index in [4.69, 9.17) is 5.73 Å². The van der Waals surface area contributed by atoms with Gasteiger partial charge in [0, 0.05) is 17.7 Å². The predicted octanol–water partition coefficient (Wildman–Crippen LogP) is 4.02. The van der Waals surface area contributed by atoms with Gasteiger partial charge in [-0.05, 0) is 31.4 Å². The number of hydrogen-bond donors (Lipinski definition) is 2. The summed E-state index contributed by atoms with van der Waals surface area (Å²) in [6.45, 7) is 6.25. The van der Waals surface area contributed by atoms with Gasteiger partial charge in [-0.15, -0.1) is 0 Å². The third-order valence-corrected chi connectivity index (χ3v) is 3.49. The van der Waals surface area contributed by atoms with Crippen LogP contribution in [0.4, 0.5) is 17.3 Å². The fraction of sp³-hybridized carbons (Fsp3) is 0.412. The molecule has 0 saturated carbocycles. The SMILES string of the molecule is CCCc1nc(N)c(C)c(Nc2ccccc2CCC)n1. The second kappa shape index (κ2) is 7.07. The lowest BCUT2D eigenvalue weighted by Crippen LogP contribution is -2.08. The number of aromatic nitrogens is 2. The average molecular weight is 284 g/mol. The summed E-state index contributed by atoms with van der Waals surface area (Å²) in [5, 5.41) is 3.43. The molecule has 0 spiro atoms. The van der Waals surface area contributed by atoms with Crippen LogP contribution in [-0.2, 0) is 12.8 Å². The quantitative estimate of drug-likeness (QED) is 0.841. The van der Waals surface area contributed by atoms with E-state index in [-0.39, 0.29) is 0 Å². The first kappa shape index (κ1) is 15.3. The lowest BCUT2D eigenvalue weighted by atomic mass is 10.1. The van der Waals surface area contributed by atoms with Gasteiger partial charge >= 0.3 is 0 Å². The Kier molecular flexibility index (Phi) is 5.14. The van der Waals surface area contributed by atoms with Crippen LogP contribution >= 0.6 is 0 Å². The molecule has 0 saturated heterocycles. The van der Waals surface area contributed by atoms with Gasteiger partial charge in [0.05, 0.1) is 0 Å². The first-order valence-corrected chi connectivity index (χ1v) is 7.63. The molecule has 4 heteroatoms. The number of rotatable bonds is 6. The molecule has 1 aromatic heterocycles. The number of para-hydroxylation sites is 1. The van der Waals surface area contributed by atoms with Crippen LogP contribution in [-0.4, -0.2) is 9.97 Å². The van der Waals surface area contributed by atoms with Crippen molar-refractivity contribution in [2.24, 2.45) is 0 Å². The molecule has 2 aromatic rings. The van der Waals surface area contributed by atoms with Crippen LogP contribution in [0.15, 0.2) is 24.3 Å². The highest BCUT2D eigenvalue weighted by Gasteiger charge is 2.10. The van der Waals surface area contributed by atoms with Gasteiger partial charge < -0.3 is 11.1 Å². The molecule has 0 aliphatic carbocycles. The minimum absolute atomic E-state index is 0.559. The first-order chi connectivity index (χ1) is 10.2. The van der Waals surface area contributed by atoms with Gasteiger partial charge in [0.1, 0.15) is 17.5 Å². The summed E-state index contributed by atoms with van der Waals surface area (Å²) in [5.74, 6) is 2.18. The van der Waals surface area contributed by atoms with Crippen LogP contribution in [0.2, 0.25) is 0 Å². The molecule has 1 heterocycles. The lowest BCUT2D eigenvalue weighted by Gasteiger charge is -2.14. The Morgan fingerprint density at radius 1 is 1.05 bits per heavy atom. The number of nitrogen functional groups attached to an aromatic ring is 1. The third-order valence-electron chi connectivity index (χ3n) is 3.49. The summed E-state index contributed by atoms with van der Waals surface area (Å²) in [6, 6.07) is 8.34. The Bertz CT molecular complexity index is 608. The molecule has 0 unspecified atom stereocenters. The van der Waals surface area contributed by atoms with Gasteiger partial charge in [0.25, 0.3) is 0 Å². The number of hydrogen-bond acceptors (Lipinski definition) is 4. The highest BCUT2D eigenvalue weighted by Crippen LogP contribution is 2.25. The average Bonchev–Trinajstić information content (AvgIpc) is 2.47. The highest BCUT2D eigenvalue weighted by molar-refractivity contribution is 5.66. The molecule has 0 amide bonds. The zero-order valence-corrected chi connectivity index (χ0v) is 13.1. The second-order valence-electron chi connectivity index (χ2n) is 5.28. The van der Waals surface area contributed by atoms with Crippen LogP contribution in [0.1, 0.15) is 43.6 Å². The van der Waals surface area contributed by atoms with Crippen LogP contribution in [0.3, 0.4) is 0 Å². The van der Waals surface area contributed by atoms with Gasteiger partial charge in [-0.2, -0.15) is 0 Å². The Hall–Kier alpha value is -2.10. The van der Waals surface area contributed by atoms with E-state index in [0.29, 0.717) is 5.82 Å². The zero-order chi connectivity index (χ0) is 15.2. The smallest absolute Gasteiger partial charge is 0.139 e. The number of anilines is 3. The fourth-order valence-corrected chi connectivity index (χ4v) is 2.30. The summed E-state index contributed by atoms with van der Waals surface area (Å²) >= 11 is 0. The van der Waals surface area contributed by atoms with Crippen LogP contribution < -0.4 is 11.1 Å². The Labute approximate surface area is 126 Å². The zero-order valence-electron chi connectivity index (χ0n) is 13.1. The normalized spacial score (nSPS) is 10.6. The molecule has 3 N–H and O–H groups in total. The molecule has 0 aliphatic heterocycles. The summed E-state index contributed by atoms with van der Waals surface area (Å²) in [5.41, 5.74) is 9.31. The molecule has 0 atom stereocenters. The van der Waals surface area contributed by atoms with Crippen molar-refractivity contribution in [3.8, 4) is 0 Å². The van der Waals surface area contributed by atoms with Crippen molar-refractivity contribution < 1.29 is 0 Å². The number of aryl methyl sites for hydroxylation is 2. The van der Waals surface area contributed by atoms with Crippen molar-refractivity contribution in [2.75, 3.05) is 11.1 Å². The number of nitrogens with two attached hydrogens (primary N) is 1. The largest absolute Gasteiger partial charge is 0.383 e. The van der Waals surface area contributed by atoms with Crippen molar-refractivity contribution in [1.29, 1.82) is 0 Å². The van der Waals surface area contributed by atoms with Crippen LogP contribution in [0.5, 0.6) is 0 Å². The minimum atomic E-state index is 0.559. The Morgan fingerprint density at radius 3 is 2.48 bits per heavy atom. The molecular formula is C17H24N4.